The number of amides is 1. The number of likely N-dealkylation sites (tertiary alicyclic amines) is 1. The zero-order valence-corrected chi connectivity index (χ0v) is 19.9. The van der Waals surface area contributed by atoms with Crippen LogP contribution in [0.15, 0.2) is 37.3 Å². The number of hydrogen-bond donors (Lipinski definition) is 1. The largest absolute Gasteiger partial charge is 0.489 e. The first-order chi connectivity index (χ1) is 17.3. The van der Waals surface area contributed by atoms with Crippen LogP contribution in [0, 0.1) is 5.82 Å². The SMILES string of the molecule is C=CC(=O)N1C[C@@H]2C[C@H]1CN2c1ncc2ncnc(Nc3ccc(OCC4(F)CC4)c(Cl)c3F)c2n1. The van der Waals surface area contributed by atoms with E-state index in [9.17, 15) is 9.18 Å². The fourth-order valence-electron chi connectivity index (χ4n) is 4.73. The number of halogens is 3. The molecule has 3 fully saturated rings. The summed E-state index contributed by atoms with van der Waals surface area (Å²) in [6.07, 6.45) is 5.95. The molecule has 1 saturated carbocycles. The zero-order chi connectivity index (χ0) is 25.0. The molecule has 12 heteroatoms. The van der Waals surface area contributed by atoms with Crippen LogP contribution in [0.25, 0.3) is 11.0 Å². The minimum Gasteiger partial charge on any atom is -0.489 e. The van der Waals surface area contributed by atoms with Crippen molar-refractivity contribution in [2.45, 2.75) is 37.0 Å². The summed E-state index contributed by atoms with van der Waals surface area (Å²) in [5.74, 6) is 0.0220. The van der Waals surface area contributed by atoms with Gasteiger partial charge < -0.3 is 19.9 Å². The van der Waals surface area contributed by atoms with Gasteiger partial charge in [0, 0.05) is 13.1 Å². The monoisotopic (exact) mass is 513 g/mol. The van der Waals surface area contributed by atoms with E-state index in [0.29, 0.717) is 42.9 Å². The topological polar surface area (TPSA) is 96.4 Å². The van der Waals surface area contributed by atoms with Gasteiger partial charge in [-0.2, -0.15) is 0 Å². The Bertz CT molecular complexity index is 1390. The van der Waals surface area contributed by atoms with Crippen molar-refractivity contribution in [3.63, 3.8) is 0 Å². The van der Waals surface area contributed by atoms with Gasteiger partial charge in [-0.1, -0.05) is 18.2 Å². The molecule has 2 saturated heterocycles. The maximum Gasteiger partial charge on any atom is 0.246 e. The van der Waals surface area contributed by atoms with E-state index in [1.54, 1.807) is 6.20 Å². The lowest BCUT2D eigenvalue weighted by molar-refractivity contribution is -0.127. The van der Waals surface area contributed by atoms with Gasteiger partial charge in [-0.25, -0.2) is 28.7 Å². The Morgan fingerprint density at radius 3 is 2.83 bits per heavy atom. The van der Waals surface area contributed by atoms with Gasteiger partial charge in [0.05, 0.1) is 24.0 Å². The second kappa shape index (κ2) is 8.51. The number of nitrogens with one attached hydrogen (secondary N) is 1. The number of carbonyl (C=O) groups is 1. The Morgan fingerprint density at radius 2 is 2.11 bits per heavy atom. The standard InChI is InChI=1S/C24H22ClF2N7O2/c1-2-18(35)33-9-14-7-13(33)10-34(14)23-28-8-16-21(32-23)22(30-12-29-16)31-15-3-4-17(19(25)20(15)26)36-11-24(27)5-6-24/h2-4,8,12-14H,1,5-7,9-11H2,(H,29,30,31)/t13-,14-/m0/s1. The molecule has 2 aliphatic heterocycles. The Kier molecular flexibility index (Phi) is 5.40. The summed E-state index contributed by atoms with van der Waals surface area (Å²) in [7, 11) is 0. The lowest BCUT2D eigenvalue weighted by Crippen LogP contribution is -2.48. The summed E-state index contributed by atoms with van der Waals surface area (Å²) in [6, 6.07) is 3.11. The molecule has 1 N–H and O–H groups in total. The fraction of sp³-hybridized carbons (Fsp3) is 0.375. The quantitative estimate of drug-likeness (QED) is 0.476. The highest BCUT2D eigenvalue weighted by Crippen LogP contribution is 2.41. The van der Waals surface area contributed by atoms with Crippen LogP contribution >= 0.6 is 11.6 Å². The molecule has 1 aliphatic carbocycles. The van der Waals surface area contributed by atoms with Crippen molar-refractivity contribution in [2.24, 2.45) is 0 Å². The molecule has 3 aromatic rings. The molecule has 9 nitrogen and oxygen atoms in total. The number of rotatable bonds is 7. The van der Waals surface area contributed by atoms with Crippen LogP contribution < -0.4 is 15.0 Å². The minimum absolute atomic E-state index is 0.0627. The van der Waals surface area contributed by atoms with Gasteiger partial charge in [-0.15, -0.1) is 0 Å². The molecule has 0 spiro atoms. The van der Waals surface area contributed by atoms with E-state index in [0.717, 1.165) is 6.42 Å². The summed E-state index contributed by atoms with van der Waals surface area (Å²) in [4.78, 5) is 33.6. The summed E-state index contributed by atoms with van der Waals surface area (Å²) in [5.41, 5.74) is -0.392. The maximum absolute atomic E-state index is 15.0. The van der Waals surface area contributed by atoms with Crippen LogP contribution in [0.2, 0.25) is 5.02 Å². The lowest BCUT2D eigenvalue weighted by Gasteiger charge is -2.33. The lowest BCUT2D eigenvalue weighted by atomic mass is 10.2. The predicted molar refractivity (Wildman–Crippen MR) is 130 cm³/mol. The van der Waals surface area contributed by atoms with Crippen LogP contribution in [-0.2, 0) is 4.79 Å². The third-order valence-electron chi connectivity index (χ3n) is 6.90. The molecule has 6 rings (SSSR count). The molecular weight excluding hydrogens is 492 g/mol. The normalized spacial score (nSPS) is 21.6. The second-order valence-electron chi connectivity index (χ2n) is 9.32. The molecule has 0 radical (unpaired) electrons. The molecule has 2 bridgehead atoms. The van der Waals surface area contributed by atoms with Crippen molar-refractivity contribution in [3.05, 3.63) is 48.2 Å². The summed E-state index contributed by atoms with van der Waals surface area (Å²) >= 11 is 6.16. The first-order valence-corrected chi connectivity index (χ1v) is 12.0. The minimum atomic E-state index is -1.34. The van der Waals surface area contributed by atoms with Gasteiger partial charge in [0.25, 0.3) is 0 Å². The van der Waals surface area contributed by atoms with E-state index < -0.39 is 11.5 Å². The van der Waals surface area contributed by atoms with Gasteiger partial charge >= 0.3 is 0 Å². The van der Waals surface area contributed by atoms with Gasteiger partial charge in [0.1, 0.15) is 40.4 Å². The van der Waals surface area contributed by atoms with Crippen LogP contribution in [0.3, 0.4) is 0 Å². The van der Waals surface area contributed by atoms with E-state index in [-0.39, 0.29) is 46.9 Å². The third-order valence-corrected chi connectivity index (χ3v) is 7.25. The van der Waals surface area contributed by atoms with Crippen molar-refractivity contribution in [3.8, 4) is 5.75 Å². The molecule has 4 heterocycles. The van der Waals surface area contributed by atoms with Gasteiger partial charge in [-0.05, 0) is 37.5 Å². The predicted octanol–water partition coefficient (Wildman–Crippen LogP) is 3.81. The molecule has 36 heavy (non-hydrogen) atoms. The van der Waals surface area contributed by atoms with E-state index >= 15 is 4.39 Å². The van der Waals surface area contributed by atoms with Gasteiger partial charge in [0.15, 0.2) is 11.6 Å². The highest BCUT2D eigenvalue weighted by atomic mass is 35.5. The first kappa shape index (κ1) is 22.8. The first-order valence-electron chi connectivity index (χ1n) is 11.6. The van der Waals surface area contributed by atoms with Crippen molar-refractivity contribution >= 4 is 46.0 Å². The number of alkyl halides is 1. The average molecular weight is 514 g/mol. The summed E-state index contributed by atoms with van der Waals surface area (Å²) in [6.45, 7) is 4.60. The molecule has 2 atom stereocenters. The third kappa shape index (κ3) is 3.97. The van der Waals surface area contributed by atoms with Crippen LogP contribution in [0.1, 0.15) is 19.3 Å². The Balaban J connectivity index is 1.25. The van der Waals surface area contributed by atoms with E-state index in [2.05, 4.69) is 36.7 Å². The number of piperazine rings is 1. The summed E-state index contributed by atoms with van der Waals surface area (Å²) in [5, 5.41) is 2.69. The van der Waals surface area contributed by atoms with Crippen molar-refractivity contribution in [1.29, 1.82) is 0 Å². The number of hydrogen-bond acceptors (Lipinski definition) is 8. The van der Waals surface area contributed by atoms with Crippen molar-refractivity contribution in [2.75, 3.05) is 29.9 Å². The zero-order valence-electron chi connectivity index (χ0n) is 19.1. The highest BCUT2D eigenvalue weighted by molar-refractivity contribution is 6.32. The van der Waals surface area contributed by atoms with Crippen LogP contribution in [0.5, 0.6) is 5.75 Å². The molecule has 0 unspecified atom stereocenters. The summed E-state index contributed by atoms with van der Waals surface area (Å²) < 4.78 is 34.3. The number of anilines is 3. The number of aromatic nitrogens is 4. The molecular formula is C24H22ClF2N7O2. The van der Waals surface area contributed by atoms with Crippen molar-refractivity contribution < 1.29 is 18.3 Å². The molecule has 2 aromatic heterocycles. The molecule has 186 valence electrons. The van der Waals surface area contributed by atoms with Gasteiger partial charge in [-0.3, -0.25) is 4.79 Å². The van der Waals surface area contributed by atoms with Crippen LogP contribution in [-0.4, -0.2) is 68.2 Å². The smallest absolute Gasteiger partial charge is 0.246 e. The maximum atomic E-state index is 15.0. The molecule has 1 aromatic carbocycles. The van der Waals surface area contributed by atoms with Crippen LogP contribution in [0.4, 0.5) is 26.2 Å². The molecule has 1 amide bonds. The number of fused-ring (bicyclic) bond motifs is 3. The van der Waals surface area contributed by atoms with E-state index in [4.69, 9.17) is 16.3 Å². The average Bonchev–Trinajstić information content (AvgIpc) is 3.29. The number of carbonyl (C=O) groups excluding carboxylic acids is 1. The fourth-order valence-corrected chi connectivity index (χ4v) is 4.95. The Labute approximate surface area is 210 Å². The Morgan fingerprint density at radius 1 is 1.28 bits per heavy atom. The molecule has 3 aliphatic rings. The number of nitrogens with zero attached hydrogens (tertiary/aromatic N) is 6. The number of ether oxygens (including phenoxy) is 1. The van der Waals surface area contributed by atoms with Gasteiger partial charge in [0.2, 0.25) is 11.9 Å². The number of benzene rings is 1. The van der Waals surface area contributed by atoms with Crippen molar-refractivity contribution in [1.82, 2.24) is 24.8 Å². The van der Waals surface area contributed by atoms with E-state index in [1.165, 1.54) is 24.5 Å². The van der Waals surface area contributed by atoms with E-state index in [1.807, 2.05) is 4.90 Å². The Hall–Kier alpha value is -3.60. The highest BCUT2D eigenvalue weighted by Gasteiger charge is 2.46. The second-order valence-corrected chi connectivity index (χ2v) is 9.70.